The quantitative estimate of drug-likeness (QED) is 0.603. The number of amides is 3. The van der Waals surface area contributed by atoms with Crippen molar-refractivity contribution >= 4 is 29.0 Å². The van der Waals surface area contributed by atoms with Crippen molar-refractivity contribution in [2.75, 3.05) is 48.8 Å². The predicted octanol–water partition coefficient (Wildman–Crippen LogP) is 4.61. The van der Waals surface area contributed by atoms with Crippen LogP contribution in [0.15, 0.2) is 72.8 Å². The number of carbonyl (C=O) groups is 2. The largest absolute Gasteiger partial charge is 0.497 e. The normalized spacial score (nSPS) is 13.4. The van der Waals surface area contributed by atoms with Crippen molar-refractivity contribution in [1.29, 1.82) is 0 Å². The summed E-state index contributed by atoms with van der Waals surface area (Å²) in [4.78, 5) is 29.3. The molecule has 7 heteroatoms. The topological polar surface area (TPSA) is 73.9 Å². The Morgan fingerprint density at radius 1 is 0.818 bits per heavy atom. The van der Waals surface area contributed by atoms with Crippen LogP contribution in [0.5, 0.6) is 5.75 Å². The van der Waals surface area contributed by atoms with E-state index in [1.54, 1.807) is 19.2 Å². The van der Waals surface area contributed by atoms with Crippen molar-refractivity contribution in [2.24, 2.45) is 0 Å². The molecule has 0 spiro atoms. The predicted molar refractivity (Wildman–Crippen MR) is 131 cm³/mol. The Labute approximate surface area is 194 Å². The first-order valence-electron chi connectivity index (χ1n) is 11.0. The fourth-order valence-electron chi connectivity index (χ4n) is 3.90. The summed E-state index contributed by atoms with van der Waals surface area (Å²) in [7, 11) is 1.59. The monoisotopic (exact) mass is 444 g/mol. The maximum Gasteiger partial charge on any atom is 0.323 e. The summed E-state index contributed by atoms with van der Waals surface area (Å²) < 4.78 is 5.17. The molecule has 170 valence electrons. The Morgan fingerprint density at radius 3 is 2.21 bits per heavy atom. The number of hydrogen-bond acceptors (Lipinski definition) is 4. The smallest absolute Gasteiger partial charge is 0.323 e. The summed E-state index contributed by atoms with van der Waals surface area (Å²) in [5.41, 5.74) is 4.20. The molecule has 0 bridgehead atoms. The molecule has 0 aliphatic carbocycles. The van der Waals surface area contributed by atoms with E-state index in [-0.39, 0.29) is 11.9 Å². The Morgan fingerprint density at radius 2 is 1.52 bits per heavy atom. The van der Waals surface area contributed by atoms with Gasteiger partial charge in [-0.2, -0.15) is 0 Å². The summed E-state index contributed by atoms with van der Waals surface area (Å²) >= 11 is 0. The fraction of sp³-hybridized carbons (Fsp3) is 0.231. The van der Waals surface area contributed by atoms with Gasteiger partial charge in [-0.3, -0.25) is 4.79 Å². The summed E-state index contributed by atoms with van der Waals surface area (Å²) in [5, 5.41) is 5.64. The highest BCUT2D eigenvalue weighted by atomic mass is 16.5. The Balaban J connectivity index is 1.30. The summed E-state index contributed by atoms with van der Waals surface area (Å²) in [6.07, 6.45) is 0. The lowest BCUT2D eigenvalue weighted by Crippen LogP contribution is -2.48. The van der Waals surface area contributed by atoms with Gasteiger partial charge in [0, 0.05) is 54.9 Å². The number of nitrogens with zero attached hydrogens (tertiary/aromatic N) is 2. The zero-order chi connectivity index (χ0) is 23.2. The first-order chi connectivity index (χ1) is 16.0. The summed E-state index contributed by atoms with van der Waals surface area (Å²) in [6.45, 7) is 4.85. The van der Waals surface area contributed by atoms with Gasteiger partial charge in [0.2, 0.25) is 0 Å². The average Bonchev–Trinajstić information content (AvgIpc) is 2.84. The third kappa shape index (κ3) is 5.44. The van der Waals surface area contributed by atoms with Gasteiger partial charge in [0.25, 0.3) is 5.91 Å². The highest BCUT2D eigenvalue weighted by Gasteiger charge is 2.23. The van der Waals surface area contributed by atoms with E-state index in [1.807, 2.05) is 72.5 Å². The molecule has 1 aliphatic rings. The zero-order valence-electron chi connectivity index (χ0n) is 18.9. The van der Waals surface area contributed by atoms with E-state index >= 15 is 0 Å². The molecule has 0 radical (unpaired) electrons. The molecule has 0 unspecified atom stereocenters. The Bertz CT molecular complexity index is 1120. The number of methoxy groups -OCH3 is 1. The van der Waals surface area contributed by atoms with Crippen molar-refractivity contribution in [3.8, 4) is 5.75 Å². The molecule has 3 amide bonds. The lowest BCUT2D eigenvalue weighted by molar-refractivity contribution is 0.0746. The van der Waals surface area contributed by atoms with E-state index < -0.39 is 0 Å². The summed E-state index contributed by atoms with van der Waals surface area (Å²) in [6, 6.07) is 22.3. The van der Waals surface area contributed by atoms with Gasteiger partial charge in [0.1, 0.15) is 5.75 Å². The molecule has 1 aliphatic heterocycles. The minimum Gasteiger partial charge on any atom is -0.497 e. The molecule has 0 saturated carbocycles. The first-order valence-corrected chi connectivity index (χ1v) is 11.0. The number of aryl methyl sites for hydroxylation is 1. The lowest BCUT2D eigenvalue weighted by atomic mass is 10.1. The minimum atomic E-state index is -0.320. The number of nitrogens with one attached hydrogen (secondary N) is 2. The van der Waals surface area contributed by atoms with Crippen molar-refractivity contribution in [3.63, 3.8) is 0 Å². The van der Waals surface area contributed by atoms with Crippen LogP contribution in [-0.2, 0) is 0 Å². The number of piperazine rings is 1. The van der Waals surface area contributed by atoms with Gasteiger partial charge in [-0.15, -0.1) is 0 Å². The molecule has 3 aromatic rings. The summed E-state index contributed by atoms with van der Waals surface area (Å²) in [5.74, 6) is 0.771. The van der Waals surface area contributed by atoms with Crippen LogP contribution in [0.1, 0.15) is 15.9 Å². The maximum atomic E-state index is 12.8. The molecule has 7 nitrogen and oxygen atoms in total. The molecular weight excluding hydrogens is 416 g/mol. The second-order valence-electron chi connectivity index (χ2n) is 7.95. The Kier molecular flexibility index (Phi) is 6.78. The van der Waals surface area contributed by atoms with Crippen molar-refractivity contribution in [2.45, 2.75) is 6.92 Å². The fourth-order valence-corrected chi connectivity index (χ4v) is 3.90. The molecule has 1 heterocycles. The number of carbonyl (C=O) groups excluding carboxylic acids is 2. The number of benzene rings is 3. The van der Waals surface area contributed by atoms with Crippen molar-refractivity contribution in [1.82, 2.24) is 4.90 Å². The third-order valence-electron chi connectivity index (χ3n) is 5.76. The second-order valence-corrected chi connectivity index (χ2v) is 7.95. The van der Waals surface area contributed by atoms with E-state index in [4.69, 9.17) is 4.74 Å². The number of hydrogen-bond donors (Lipinski definition) is 2. The van der Waals surface area contributed by atoms with E-state index in [0.717, 1.165) is 29.9 Å². The average molecular weight is 445 g/mol. The number of rotatable bonds is 5. The van der Waals surface area contributed by atoms with E-state index in [0.29, 0.717) is 30.2 Å². The van der Waals surface area contributed by atoms with E-state index in [9.17, 15) is 9.59 Å². The highest BCUT2D eigenvalue weighted by Crippen LogP contribution is 2.21. The number of ether oxygens (including phenoxy) is 1. The van der Waals surface area contributed by atoms with Crippen LogP contribution in [0, 0.1) is 6.92 Å². The molecule has 4 rings (SSSR count). The van der Waals surface area contributed by atoms with Crippen molar-refractivity contribution < 1.29 is 14.3 Å². The van der Waals surface area contributed by atoms with Crippen LogP contribution in [0.25, 0.3) is 0 Å². The number of urea groups is 1. The van der Waals surface area contributed by atoms with Gasteiger partial charge in [0.05, 0.1) is 7.11 Å². The molecule has 1 saturated heterocycles. The van der Waals surface area contributed by atoms with Gasteiger partial charge >= 0.3 is 6.03 Å². The lowest BCUT2D eigenvalue weighted by Gasteiger charge is -2.36. The van der Waals surface area contributed by atoms with Gasteiger partial charge < -0.3 is 25.2 Å². The van der Waals surface area contributed by atoms with Crippen LogP contribution in [-0.4, -0.2) is 50.1 Å². The van der Waals surface area contributed by atoms with Gasteiger partial charge in [0.15, 0.2) is 0 Å². The van der Waals surface area contributed by atoms with E-state index in [1.165, 1.54) is 0 Å². The van der Waals surface area contributed by atoms with Crippen LogP contribution in [0.2, 0.25) is 0 Å². The van der Waals surface area contributed by atoms with Gasteiger partial charge in [-0.05, 0) is 55.0 Å². The molecule has 0 atom stereocenters. The zero-order valence-corrected chi connectivity index (χ0v) is 18.9. The van der Waals surface area contributed by atoms with Crippen LogP contribution < -0.4 is 20.3 Å². The van der Waals surface area contributed by atoms with E-state index in [2.05, 4.69) is 15.5 Å². The molecule has 3 aromatic carbocycles. The third-order valence-corrected chi connectivity index (χ3v) is 5.76. The number of anilines is 3. The molecule has 2 N–H and O–H groups in total. The molecule has 1 fully saturated rings. The van der Waals surface area contributed by atoms with Gasteiger partial charge in [-0.25, -0.2) is 4.79 Å². The maximum absolute atomic E-state index is 12.8. The van der Waals surface area contributed by atoms with Crippen molar-refractivity contribution in [3.05, 3.63) is 83.9 Å². The highest BCUT2D eigenvalue weighted by molar-refractivity contribution is 6.00. The van der Waals surface area contributed by atoms with Crippen LogP contribution >= 0.6 is 0 Å². The SMILES string of the molecule is COc1cccc(NC(=O)Nc2ccc(N3CCN(C(=O)c4ccccc4C)CC3)cc2)c1. The van der Waals surface area contributed by atoms with Crippen LogP contribution in [0.4, 0.5) is 21.9 Å². The first kappa shape index (κ1) is 22.2. The standard InChI is InChI=1S/C26H28N4O3/c1-19-6-3-4-9-24(19)25(31)30-16-14-29(15-17-30)22-12-10-20(11-13-22)27-26(32)28-21-7-5-8-23(18-21)33-2/h3-13,18H,14-17H2,1-2H3,(H2,27,28,32). The minimum absolute atomic E-state index is 0.0920. The van der Waals surface area contributed by atoms with Crippen LogP contribution in [0.3, 0.4) is 0 Å². The molecular formula is C26H28N4O3. The molecule has 0 aromatic heterocycles. The second kappa shape index (κ2) is 10.1. The molecule has 33 heavy (non-hydrogen) atoms. The Hall–Kier alpha value is -4.00. The van der Waals surface area contributed by atoms with Gasteiger partial charge in [-0.1, -0.05) is 24.3 Å².